The van der Waals surface area contributed by atoms with Crippen LogP contribution in [0, 0.1) is 5.82 Å². The van der Waals surface area contributed by atoms with Crippen LogP contribution in [0.25, 0.3) is 0 Å². The van der Waals surface area contributed by atoms with E-state index in [4.69, 9.17) is 4.74 Å². The van der Waals surface area contributed by atoms with Gasteiger partial charge in [-0.1, -0.05) is 25.0 Å². The Hall–Kier alpha value is -1.66. The highest BCUT2D eigenvalue weighted by atomic mass is 19.1. The van der Waals surface area contributed by atoms with Gasteiger partial charge in [0.15, 0.2) is 0 Å². The Bertz CT molecular complexity index is 519. The third-order valence-corrected chi connectivity index (χ3v) is 4.38. The molecule has 5 nitrogen and oxygen atoms in total. The predicted octanol–water partition coefficient (Wildman–Crippen LogP) is 2.29. The molecule has 128 valence electrons. The van der Waals surface area contributed by atoms with Crippen LogP contribution in [0.1, 0.15) is 38.2 Å². The molecule has 0 bridgehead atoms. The van der Waals surface area contributed by atoms with Crippen molar-refractivity contribution in [1.82, 2.24) is 10.6 Å². The van der Waals surface area contributed by atoms with Gasteiger partial charge in [0.2, 0.25) is 0 Å². The molecule has 1 aliphatic carbocycles. The Kier molecular flexibility index (Phi) is 5.96. The normalized spacial score (nSPS) is 23.8. The first-order valence-corrected chi connectivity index (χ1v) is 7.98. The van der Waals surface area contributed by atoms with Gasteiger partial charge in [0, 0.05) is 7.11 Å². The Morgan fingerprint density at radius 2 is 2.00 bits per heavy atom. The zero-order chi connectivity index (χ0) is 16.9. The largest absolute Gasteiger partial charge is 0.384 e. The summed E-state index contributed by atoms with van der Waals surface area (Å²) in [5, 5.41) is 16.0. The van der Waals surface area contributed by atoms with Gasteiger partial charge in [-0.25, -0.2) is 9.18 Å². The van der Waals surface area contributed by atoms with E-state index in [2.05, 4.69) is 10.6 Å². The molecule has 1 aromatic carbocycles. The summed E-state index contributed by atoms with van der Waals surface area (Å²) in [5.41, 5.74) is -0.718. The lowest BCUT2D eigenvalue weighted by molar-refractivity contribution is 0.0428. The number of rotatable bonds is 5. The Morgan fingerprint density at radius 1 is 1.35 bits per heavy atom. The maximum atomic E-state index is 12.9. The molecule has 2 amide bonds. The van der Waals surface area contributed by atoms with Crippen molar-refractivity contribution in [2.24, 2.45) is 0 Å². The van der Waals surface area contributed by atoms with Crippen LogP contribution < -0.4 is 10.6 Å². The molecule has 0 aromatic heterocycles. The van der Waals surface area contributed by atoms with Gasteiger partial charge in [-0.15, -0.1) is 0 Å². The monoisotopic (exact) mass is 324 g/mol. The second-order valence-electron chi connectivity index (χ2n) is 6.27. The quantitative estimate of drug-likeness (QED) is 0.778. The molecule has 0 aliphatic heterocycles. The molecule has 1 aromatic rings. The second kappa shape index (κ2) is 7.75. The lowest BCUT2D eigenvalue weighted by Gasteiger charge is -2.31. The molecule has 3 atom stereocenters. The van der Waals surface area contributed by atoms with E-state index in [1.165, 1.54) is 24.3 Å². The lowest BCUT2D eigenvalue weighted by atomic mass is 9.92. The fraction of sp³-hybridized carbons (Fsp3) is 0.588. The van der Waals surface area contributed by atoms with Crippen LogP contribution in [0.3, 0.4) is 0 Å². The van der Waals surface area contributed by atoms with E-state index in [1.54, 1.807) is 14.0 Å². The van der Waals surface area contributed by atoms with E-state index in [0.717, 1.165) is 25.7 Å². The third kappa shape index (κ3) is 4.91. The molecule has 6 heteroatoms. The minimum atomic E-state index is -1.27. The molecule has 0 radical (unpaired) electrons. The highest BCUT2D eigenvalue weighted by molar-refractivity contribution is 5.74. The molecule has 1 saturated carbocycles. The van der Waals surface area contributed by atoms with E-state index in [9.17, 15) is 14.3 Å². The summed E-state index contributed by atoms with van der Waals surface area (Å²) in [6.07, 6.45) is 4.04. The Balaban J connectivity index is 1.86. The average molecular weight is 324 g/mol. The molecule has 3 unspecified atom stereocenters. The number of halogens is 1. The number of ether oxygens (including phenoxy) is 1. The number of nitrogens with one attached hydrogen (secondary N) is 2. The molecule has 1 aliphatic rings. The van der Waals surface area contributed by atoms with Crippen LogP contribution in [-0.4, -0.2) is 36.9 Å². The minimum Gasteiger partial charge on any atom is -0.384 e. The molecule has 3 N–H and O–H groups in total. The van der Waals surface area contributed by atoms with Crippen LogP contribution in [0.4, 0.5) is 9.18 Å². The second-order valence-corrected chi connectivity index (χ2v) is 6.27. The first kappa shape index (κ1) is 17.7. The van der Waals surface area contributed by atoms with Crippen molar-refractivity contribution in [2.75, 3.05) is 13.7 Å². The number of methoxy groups -OCH3 is 1. The van der Waals surface area contributed by atoms with Crippen LogP contribution >= 0.6 is 0 Å². The number of benzene rings is 1. The van der Waals surface area contributed by atoms with Crippen molar-refractivity contribution < 1.29 is 19.0 Å². The number of hydrogen-bond acceptors (Lipinski definition) is 3. The van der Waals surface area contributed by atoms with Crippen LogP contribution in [0.15, 0.2) is 24.3 Å². The fourth-order valence-corrected chi connectivity index (χ4v) is 2.93. The summed E-state index contributed by atoms with van der Waals surface area (Å²) in [6.45, 7) is 1.62. The summed E-state index contributed by atoms with van der Waals surface area (Å²) < 4.78 is 18.3. The van der Waals surface area contributed by atoms with Crippen LogP contribution in [0.5, 0.6) is 0 Å². The Labute approximate surface area is 136 Å². The van der Waals surface area contributed by atoms with E-state index < -0.39 is 5.60 Å². The van der Waals surface area contributed by atoms with Crippen LogP contribution in [-0.2, 0) is 10.3 Å². The molecule has 0 saturated heterocycles. The summed E-state index contributed by atoms with van der Waals surface area (Å²) in [4.78, 5) is 12.1. The topological polar surface area (TPSA) is 70.6 Å². The van der Waals surface area contributed by atoms with Gasteiger partial charge >= 0.3 is 6.03 Å². The Morgan fingerprint density at radius 3 is 2.65 bits per heavy atom. The highest BCUT2D eigenvalue weighted by Crippen LogP contribution is 2.21. The number of amides is 2. The molecule has 0 spiro atoms. The molecule has 2 rings (SSSR count). The van der Waals surface area contributed by atoms with Crippen LogP contribution in [0.2, 0.25) is 0 Å². The minimum absolute atomic E-state index is 0.00970. The summed E-state index contributed by atoms with van der Waals surface area (Å²) in [7, 11) is 1.65. The summed E-state index contributed by atoms with van der Waals surface area (Å²) in [5.74, 6) is -0.363. The van der Waals surface area contributed by atoms with Gasteiger partial charge < -0.3 is 20.5 Å². The van der Waals surface area contributed by atoms with E-state index in [0.29, 0.717) is 5.56 Å². The number of aliphatic hydroxyl groups is 1. The standard InChI is InChI=1S/C17H25FN2O3/c1-17(22,12-7-9-13(18)10-8-12)11-19-16(21)20-14-5-3-4-6-15(14)23-2/h7-10,14-15,22H,3-6,11H2,1-2H3,(H2,19,20,21). The zero-order valence-electron chi connectivity index (χ0n) is 13.6. The van der Waals surface area contributed by atoms with Crippen molar-refractivity contribution in [3.63, 3.8) is 0 Å². The smallest absolute Gasteiger partial charge is 0.315 e. The van der Waals surface area contributed by atoms with Crippen molar-refractivity contribution in [1.29, 1.82) is 0 Å². The van der Waals surface area contributed by atoms with Gasteiger partial charge in [0.25, 0.3) is 0 Å². The number of carbonyl (C=O) groups excluding carboxylic acids is 1. The van der Waals surface area contributed by atoms with Gasteiger partial charge in [-0.2, -0.15) is 0 Å². The molecule has 1 fully saturated rings. The zero-order valence-corrected chi connectivity index (χ0v) is 13.6. The van der Waals surface area contributed by atoms with E-state index in [1.807, 2.05) is 0 Å². The highest BCUT2D eigenvalue weighted by Gasteiger charge is 2.28. The van der Waals surface area contributed by atoms with Gasteiger partial charge in [0.05, 0.1) is 18.7 Å². The molecular weight excluding hydrogens is 299 g/mol. The third-order valence-electron chi connectivity index (χ3n) is 4.38. The maximum absolute atomic E-state index is 12.9. The van der Waals surface area contributed by atoms with Crippen molar-refractivity contribution >= 4 is 6.03 Å². The molecule has 23 heavy (non-hydrogen) atoms. The van der Waals surface area contributed by atoms with E-state index >= 15 is 0 Å². The molecule has 0 heterocycles. The lowest BCUT2D eigenvalue weighted by Crippen LogP contribution is -2.51. The summed E-state index contributed by atoms with van der Waals surface area (Å²) in [6, 6.07) is 5.25. The number of hydrogen-bond donors (Lipinski definition) is 3. The SMILES string of the molecule is COC1CCCCC1NC(=O)NCC(C)(O)c1ccc(F)cc1. The van der Waals surface area contributed by atoms with Gasteiger partial charge in [-0.3, -0.25) is 0 Å². The molecular formula is C17H25FN2O3. The predicted molar refractivity (Wildman–Crippen MR) is 85.6 cm³/mol. The maximum Gasteiger partial charge on any atom is 0.315 e. The van der Waals surface area contributed by atoms with Gasteiger partial charge in [0.1, 0.15) is 11.4 Å². The summed E-state index contributed by atoms with van der Waals surface area (Å²) >= 11 is 0. The fourth-order valence-electron chi connectivity index (χ4n) is 2.93. The van der Waals surface area contributed by atoms with E-state index in [-0.39, 0.29) is 30.5 Å². The number of urea groups is 1. The van der Waals surface area contributed by atoms with Crippen molar-refractivity contribution in [2.45, 2.75) is 50.4 Å². The average Bonchev–Trinajstić information content (AvgIpc) is 2.54. The van der Waals surface area contributed by atoms with Crippen molar-refractivity contribution in [3.8, 4) is 0 Å². The number of carbonyl (C=O) groups is 1. The van der Waals surface area contributed by atoms with Crippen molar-refractivity contribution in [3.05, 3.63) is 35.6 Å². The van der Waals surface area contributed by atoms with Gasteiger partial charge in [-0.05, 0) is 37.5 Å². The first-order chi connectivity index (χ1) is 10.9. The first-order valence-electron chi connectivity index (χ1n) is 7.98.